The number of aliphatic hydroxyl groups excluding tert-OH is 2. The molecule has 4 nitrogen and oxygen atoms in total. The Morgan fingerprint density at radius 2 is 0.900 bits per heavy atom. The SMILES string of the molecule is OCc1cc2ccccc2cc1OCCCCOc1cc2ccccc2cc1CO. The third kappa shape index (κ3) is 4.56. The Morgan fingerprint density at radius 3 is 1.27 bits per heavy atom. The first-order valence-electron chi connectivity index (χ1n) is 10.3. The second-order valence-corrected chi connectivity index (χ2v) is 7.33. The van der Waals surface area contributed by atoms with Crippen LogP contribution in [-0.4, -0.2) is 23.4 Å². The van der Waals surface area contributed by atoms with Gasteiger partial charge < -0.3 is 19.7 Å². The zero-order chi connectivity index (χ0) is 20.8. The molecule has 0 aromatic heterocycles. The van der Waals surface area contributed by atoms with Crippen LogP contribution in [0.3, 0.4) is 0 Å². The van der Waals surface area contributed by atoms with E-state index in [0.29, 0.717) is 13.2 Å². The maximum absolute atomic E-state index is 9.65. The van der Waals surface area contributed by atoms with Crippen molar-refractivity contribution in [2.24, 2.45) is 0 Å². The molecule has 4 rings (SSSR count). The first-order chi connectivity index (χ1) is 14.8. The molecule has 0 heterocycles. The fraction of sp³-hybridized carbons (Fsp3) is 0.231. The zero-order valence-electron chi connectivity index (χ0n) is 16.9. The Bertz CT molecular complexity index is 1050. The zero-order valence-corrected chi connectivity index (χ0v) is 16.9. The third-order valence-corrected chi connectivity index (χ3v) is 5.25. The number of benzene rings is 4. The number of hydrogen-bond donors (Lipinski definition) is 2. The molecule has 4 heteroatoms. The highest BCUT2D eigenvalue weighted by atomic mass is 16.5. The average Bonchev–Trinajstić information content (AvgIpc) is 2.80. The molecule has 2 N–H and O–H groups in total. The van der Waals surface area contributed by atoms with Gasteiger partial charge in [0, 0.05) is 11.1 Å². The van der Waals surface area contributed by atoms with E-state index in [1.54, 1.807) is 0 Å². The summed E-state index contributed by atoms with van der Waals surface area (Å²) in [4.78, 5) is 0. The first kappa shape index (κ1) is 20.2. The Morgan fingerprint density at radius 1 is 0.533 bits per heavy atom. The van der Waals surface area contributed by atoms with E-state index in [1.807, 2.05) is 72.8 Å². The van der Waals surface area contributed by atoms with Gasteiger partial charge in [-0.05, 0) is 58.7 Å². The maximum atomic E-state index is 9.65. The standard InChI is InChI=1S/C26H26O4/c27-17-23-13-19-7-1-3-9-21(19)15-25(23)29-11-5-6-12-30-26-16-22-10-4-2-8-20(22)14-24(26)18-28/h1-4,7-10,13-16,27-28H,5-6,11-12,17-18H2. The van der Waals surface area contributed by atoms with Crippen LogP contribution in [0, 0.1) is 0 Å². The average molecular weight is 402 g/mol. The van der Waals surface area contributed by atoms with Gasteiger partial charge in [-0.3, -0.25) is 0 Å². The van der Waals surface area contributed by atoms with Gasteiger partial charge in [-0.2, -0.15) is 0 Å². The summed E-state index contributed by atoms with van der Waals surface area (Å²) < 4.78 is 11.9. The summed E-state index contributed by atoms with van der Waals surface area (Å²) >= 11 is 0. The second-order valence-electron chi connectivity index (χ2n) is 7.33. The quantitative estimate of drug-likeness (QED) is 0.377. The highest BCUT2D eigenvalue weighted by molar-refractivity contribution is 5.85. The van der Waals surface area contributed by atoms with Gasteiger partial charge in [0.1, 0.15) is 11.5 Å². The smallest absolute Gasteiger partial charge is 0.125 e. The Balaban J connectivity index is 1.31. The van der Waals surface area contributed by atoms with E-state index in [4.69, 9.17) is 9.47 Å². The second kappa shape index (κ2) is 9.61. The number of rotatable bonds is 9. The minimum atomic E-state index is -0.0464. The molecule has 0 spiro atoms. The van der Waals surface area contributed by atoms with Crippen molar-refractivity contribution in [3.63, 3.8) is 0 Å². The van der Waals surface area contributed by atoms with Crippen LogP contribution in [0.2, 0.25) is 0 Å². The van der Waals surface area contributed by atoms with Crippen molar-refractivity contribution in [1.29, 1.82) is 0 Å². The van der Waals surface area contributed by atoms with Gasteiger partial charge >= 0.3 is 0 Å². The largest absolute Gasteiger partial charge is 0.493 e. The number of aliphatic hydroxyl groups is 2. The van der Waals surface area contributed by atoms with Gasteiger partial charge in [0.2, 0.25) is 0 Å². The summed E-state index contributed by atoms with van der Waals surface area (Å²) in [5.41, 5.74) is 1.60. The van der Waals surface area contributed by atoms with Crippen molar-refractivity contribution < 1.29 is 19.7 Å². The van der Waals surface area contributed by atoms with Crippen LogP contribution in [0.15, 0.2) is 72.8 Å². The van der Waals surface area contributed by atoms with Crippen molar-refractivity contribution in [2.75, 3.05) is 13.2 Å². The van der Waals surface area contributed by atoms with Crippen LogP contribution in [0.1, 0.15) is 24.0 Å². The fourth-order valence-electron chi connectivity index (χ4n) is 3.62. The minimum Gasteiger partial charge on any atom is -0.493 e. The summed E-state index contributed by atoms with van der Waals surface area (Å²) in [5, 5.41) is 23.7. The summed E-state index contributed by atoms with van der Waals surface area (Å²) in [7, 11) is 0. The lowest BCUT2D eigenvalue weighted by atomic mass is 10.1. The third-order valence-electron chi connectivity index (χ3n) is 5.25. The number of ether oxygens (including phenoxy) is 2. The molecule has 0 aliphatic heterocycles. The van der Waals surface area contributed by atoms with E-state index in [9.17, 15) is 10.2 Å². The van der Waals surface area contributed by atoms with Crippen molar-refractivity contribution in [1.82, 2.24) is 0 Å². The lowest BCUT2D eigenvalue weighted by molar-refractivity contribution is 0.243. The molecule has 0 bridgehead atoms. The van der Waals surface area contributed by atoms with E-state index in [2.05, 4.69) is 0 Å². The lowest BCUT2D eigenvalue weighted by Gasteiger charge is -2.13. The van der Waals surface area contributed by atoms with E-state index in [-0.39, 0.29) is 13.2 Å². The summed E-state index contributed by atoms with van der Waals surface area (Å²) in [6, 6.07) is 24.0. The molecule has 0 fully saturated rings. The molecule has 0 aliphatic carbocycles. The Labute approximate surface area is 176 Å². The van der Waals surface area contributed by atoms with Crippen molar-refractivity contribution >= 4 is 21.5 Å². The van der Waals surface area contributed by atoms with E-state index in [1.165, 1.54) is 0 Å². The lowest BCUT2D eigenvalue weighted by Crippen LogP contribution is -2.05. The van der Waals surface area contributed by atoms with Crippen molar-refractivity contribution in [3.8, 4) is 11.5 Å². The fourth-order valence-corrected chi connectivity index (χ4v) is 3.62. The van der Waals surface area contributed by atoms with Crippen LogP contribution >= 0.6 is 0 Å². The molecule has 0 radical (unpaired) electrons. The maximum Gasteiger partial charge on any atom is 0.125 e. The molecule has 4 aromatic rings. The van der Waals surface area contributed by atoms with E-state index >= 15 is 0 Å². The highest BCUT2D eigenvalue weighted by Crippen LogP contribution is 2.28. The predicted octanol–water partition coefficient (Wildman–Crippen LogP) is 5.22. The number of hydrogen-bond acceptors (Lipinski definition) is 4. The Kier molecular flexibility index (Phi) is 6.47. The molecule has 0 amide bonds. The van der Waals surface area contributed by atoms with Crippen molar-refractivity contribution in [2.45, 2.75) is 26.1 Å². The van der Waals surface area contributed by atoms with Crippen LogP contribution in [0.4, 0.5) is 0 Å². The summed E-state index contributed by atoms with van der Waals surface area (Å²) in [5.74, 6) is 1.46. The van der Waals surface area contributed by atoms with Gasteiger partial charge in [-0.1, -0.05) is 48.5 Å². The topological polar surface area (TPSA) is 58.9 Å². The van der Waals surface area contributed by atoms with Gasteiger partial charge in [-0.25, -0.2) is 0 Å². The predicted molar refractivity (Wildman–Crippen MR) is 120 cm³/mol. The summed E-state index contributed by atoms with van der Waals surface area (Å²) in [6.45, 7) is 1.02. The van der Waals surface area contributed by atoms with Crippen LogP contribution in [-0.2, 0) is 13.2 Å². The molecular weight excluding hydrogens is 376 g/mol. The normalized spacial score (nSPS) is 11.1. The molecule has 0 saturated heterocycles. The van der Waals surface area contributed by atoms with Crippen LogP contribution in [0.25, 0.3) is 21.5 Å². The first-order valence-corrected chi connectivity index (χ1v) is 10.3. The molecular formula is C26H26O4. The summed E-state index contributed by atoms with van der Waals surface area (Å²) in [6.07, 6.45) is 1.67. The van der Waals surface area contributed by atoms with Crippen LogP contribution in [0.5, 0.6) is 11.5 Å². The van der Waals surface area contributed by atoms with Gasteiger partial charge in [-0.15, -0.1) is 0 Å². The highest BCUT2D eigenvalue weighted by Gasteiger charge is 2.07. The molecule has 30 heavy (non-hydrogen) atoms. The minimum absolute atomic E-state index is 0.0464. The van der Waals surface area contributed by atoms with E-state index in [0.717, 1.165) is 57.0 Å². The molecule has 0 atom stereocenters. The number of unbranched alkanes of at least 4 members (excludes halogenated alkanes) is 1. The molecule has 0 saturated carbocycles. The molecule has 154 valence electrons. The Hall–Kier alpha value is -3.08. The molecule has 4 aromatic carbocycles. The van der Waals surface area contributed by atoms with E-state index < -0.39 is 0 Å². The van der Waals surface area contributed by atoms with Crippen molar-refractivity contribution in [3.05, 3.63) is 83.9 Å². The van der Waals surface area contributed by atoms with Gasteiger partial charge in [0.05, 0.1) is 26.4 Å². The van der Waals surface area contributed by atoms with Crippen LogP contribution < -0.4 is 9.47 Å². The monoisotopic (exact) mass is 402 g/mol. The van der Waals surface area contributed by atoms with Gasteiger partial charge in [0.25, 0.3) is 0 Å². The molecule has 0 unspecified atom stereocenters. The molecule has 0 aliphatic rings. The van der Waals surface area contributed by atoms with Gasteiger partial charge in [0.15, 0.2) is 0 Å². The number of fused-ring (bicyclic) bond motifs is 2.